The minimum Gasteiger partial charge on any atom is -0.445 e. The Bertz CT molecular complexity index is 622. The molecule has 112 valence electrons. The lowest BCUT2D eigenvalue weighted by Crippen LogP contribution is -2.12. The first-order valence-electron chi connectivity index (χ1n) is 5.80. The topological polar surface area (TPSA) is 83.0 Å². The molecule has 0 fully saturated rings. The van der Waals surface area contributed by atoms with E-state index >= 15 is 0 Å². The molecule has 6 nitrogen and oxygen atoms in total. The van der Waals surface area contributed by atoms with Crippen LogP contribution in [0, 0.1) is 0 Å². The number of pyridine rings is 1. The number of primary amides is 1. The fraction of sp³-hybridized carbons (Fsp3) is 0.250. The van der Waals surface area contributed by atoms with Crippen LogP contribution in [0.5, 0.6) is 0 Å². The van der Waals surface area contributed by atoms with Crippen LogP contribution in [0.1, 0.15) is 16.8 Å². The van der Waals surface area contributed by atoms with Crippen LogP contribution in [-0.2, 0) is 24.1 Å². The molecule has 0 aliphatic rings. The molecule has 0 saturated heterocycles. The number of ether oxygens (including phenoxy) is 1. The van der Waals surface area contributed by atoms with Crippen LogP contribution in [0.2, 0.25) is 0 Å². The van der Waals surface area contributed by atoms with Crippen molar-refractivity contribution >= 4 is 6.09 Å². The maximum atomic E-state index is 12.4. The number of carbonyl (C=O) groups excluding carboxylic acids is 1. The molecule has 0 atom stereocenters. The van der Waals surface area contributed by atoms with Crippen molar-refractivity contribution in [2.75, 3.05) is 0 Å². The van der Waals surface area contributed by atoms with E-state index in [1.54, 1.807) is 6.20 Å². The van der Waals surface area contributed by atoms with Crippen molar-refractivity contribution in [3.05, 3.63) is 47.5 Å². The van der Waals surface area contributed by atoms with Gasteiger partial charge in [0, 0.05) is 18.0 Å². The Morgan fingerprint density at radius 1 is 1.29 bits per heavy atom. The highest BCUT2D eigenvalue weighted by atomic mass is 19.4. The second-order valence-corrected chi connectivity index (χ2v) is 4.20. The number of aromatic nitrogens is 3. The Morgan fingerprint density at radius 3 is 2.62 bits per heavy atom. The third-order valence-electron chi connectivity index (χ3n) is 2.53. The highest BCUT2D eigenvalue weighted by Gasteiger charge is 2.31. The molecule has 0 bridgehead atoms. The summed E-state index contributed by atoms with van der Waals surface area (Å²) in [5, 5.41) is 4.00. The molecule has 2 N–H and O–H groups in total. The second kappa shape index (κ2) is 5.81. The monoisotopic (exact) mass is 300 g/mol. The molecule has 21 heavy (non-hydrogen) atoms. The Morgan fingerprint density at radius 2 is 2.05 bits per heavy atom. The van der Waals surface area contributed by atoms with Gasteiger partial charge in [-0.2, -0.15) is 18.3 Å². The van der Waals surface area contributed by atoms with E-state index in [1.807, 2.05) is 0 Å². The average molecular weight is 300 g/mol. The molecule has 0 spiro atoms. The fourth-order valence-electron chi connectivity index (χ4n) is 1.59. The first-order chi connectivity index (χ1) is 9.84. The van der Waals surface area contributed by atoms with Crippen molar-refractivity contribution < 1.29 is 22.7 Å². The van der Waals surface area contributed by atoms with Gasteiger partial charge in [-0.25, -0.2) is 4.79 Å². The number of hydrogen-bond donors (Lipinski definition) is 1. The number of alkyl halides is 3. The number of carbonyl (C=O) groups is 1. The first kappa shape index (κ1) is 14.8. The van der Waals surface area contributed by atoms with Crippen molar-refractivity contribution in [2.45, 2.75) is 19.3 Å². The lowest BCUT2D eigenvalue weighted by atomic mass is 10.2. The number of hydrogen-bond acceptors (Lipinski definition) is 4. The molecule has 2 heterocycles. The molecule has 0 saturated carbocycles. The number of halogens is 3. The van der Waals surface area contributed by atoms with Crippen LogP contribution in [0.25, 0.3) is 0 Å². The Balaban J connectivity index is 2.00. The number of nitrogens with two attached hydrogens (primary N) is 1. The SMILES string of the molecule is NC(=O)OCc1cnn(Cc2ccc(C(F)(F)F)nc2)c1. The van der Waals surface area contributed by atoms with Gasteiger partial charge < -0.3 is 10.5 Å². The van der Waals surface area contributed by atoms with E-state index in [9.17, 15) is 18.0 Å². The largest absolute Gasteiger partial charge is 0.445 e. The van der Waals surface area contributed by atoms with Crippen molar-refractivity contribution in [2.24, 2.45) is 5.73 Å². The van der Waals surface area contributed by atoms with E-state index in [2.05, 4.69) is 14.8 Å². The van der Waals surface area contributed by atoms with Crippen LogP contribution in [0.3, 0.4) is 0 Å². The summed E-state index contributed by atoms with van der Waals surface area (Å²) >= 11 is 0. The van der Waals surface area contributed by atoms with Crippen LogP contribution >= 0.6 is 0 Å². The van der Waals surface area contributed by atoms with Gasteiger partial charge in [0.05, 0.1) is 12.7 Å². The van der Waals surface area contributed by atoms with E-state index < -0.39 is 18.0 Å². The van der Waals surface area contributed by atoms with Crippen LogP contribution < -0.4 is 5.73 Å². The Labute approximate surface area is 117 Å². The summed E-state index contributed by atoms with van der Waals surface area (Å²) in [4.78, 5) is 13.8. The standard InChI is InChI=1S/C12H11F3N4O2/c13-12(14,15)10-2-1-8(3-17-10)5-19-6-9(4-18-19)7-21-11(16)20/h1-4,6H,5,7H2,(H2,16,20). The van der Waals surface area contributed by atoms with E-state index in [1.165, 1.54) is 16.9 Å². The molecule has 2 aromatic rings. The zero-order valence-corrected chi connectivity index (χ0v) is 10.7. The molecule has 0 unspecified atom stereocenters. The minimum absolute atomic E-state index is 0.0133. The highest BCUT2D eigenvalue weighted by Crippen LogP contribution is 2.27. The van der Waals surface area contributed by atoms with Crippen molar-refractivity contribution in [1.29, 1.82) is 0 Å². The maximum absolute atomic E-state index is 12.4. The quantitative estimate of drug-likeness (QED) is 0.935. The third kappa shape index (κ3) is 4.20. The summed E-state index contributed by atoms with van der Waals surface area (Å²) in [5.74, 6) is 0. The molecule has 0 aliphatic heterocycles. The van der Waals surface area contributed by atoms with E-state index in [0.717, 1.165) is 12.3 Å². The maximum Gasteiger partial charge on any atom is 0.433 e. The normalized spacial score (nSPS) is 11.4. The van der Waals surface area contributed by atoms with Crippen LogP contribution in [-0.4, -0.2) is 20.9 Å². The second-order valence-electron chi connectivity index (χ2n) is 4.20. The van der Waals surface area contributed by atoms with Crippen molar-refractivity contribution in [3.63, 3.8) is 0 Å². The minimum atomic E-state index is -4.45. The van der Waals surface area contributed by atoms with Crippen molar-refractivity contribution in [3.8, 4) is 0 Å². The molecule has 2 rings (SSSR count). The van der Waals surface area contributed by atoms with Gasteiger partial charge in [-0.15, -0.1) is 0 Å². The molecular formula is C12H11F3N4O2. The van der Waals surface area contributed by atoms with Gasteiger partial charge in [-0.05, 0) is 11.6 Å². The lowest BCUT2D eigenvalue weighted by Gasteiger charge is -2.06. The highest BCUT2D eigenvalue weighted by molar-refractivity contribution is 5.64. The molecular weight excluding hydrogens is 289 g/mol. The van der Waals surface area contributed by atoms with Gasteiger partial charge in [0.15, 0.2) is 0 Å². The van der Waals surface area contributed by atoms with Gasteiger partial charge in [-0.3, -0.25) is 9.67 Å². The zero-order chi connectivity index (χ0) is 15.5. The Kier molecular flexibility index (Phi) is 4.10. The number of rotatable bonds is 4. The fourth-order valence-corrected chi connectivity index (χ4v) is 1.59. The van der Waals surface area contributed by atoms with Crippen molar-refractivity contribution in [1.82, 2.24) is 14.8 Å². The summed E-state index contributed by atoms with van der Waals surface area (Å²) in [7, 11) is 0. The van der Waals surface area contributed by atoms with Gasteiger partial charge in [-0.1, -0.05) is 6.07 Å². The predicted molar refractivity (Wildman–Crippen MR) is 64.9 cm³/mol. The van der Waals surface area contributed by atoms with E-state index in [0.29, 0.717) is 11.1 Å². The van der Waals surface area contributed by atoms with E-state index in [4.69, 9.17) is 5.73 Å². The van der Waals surface area contributed by atoms with Gasteiger partial charge in [0.1, 0.15) is 12.3 Å². The summed E-state index contributed by atoms with van der Waals surface area (Å²) in [6.45, 7) is 0.238. The summed E-state index contributed by atoms with van der Waals surface area (Å²) in [6.07, 6.45) is -1.14. The van der Waals surface area contributed by atoms with Gasteiger partial charge >= 0.3 is 12.3 Å². The number of amides is 1. The molecule has 0 aromatic carbocycles. The molecule has 2 aromatic heterocycles. The molecule has 0 radical (unpaired) electrons. The molecule has 1 amide bonds. The molecule has 0 aliphatic carbocycles. The predicted octanol–water partition coefficient (Wildman–Crippen LogP) is 1.94. The lowest BCUT2D eigenvalue weighted by molar-refractivity contribution is -0.141. The zero-order valence-electron chi connectivity index (χ0n) is 10.7. The number of nitrogens with zero attached hydrogens (tertiary/aromatic N) is 3. The van der Waals surface area contributed by atoms with E-state index in [-0.39, 0.29) is 13.2 Å². The Hall–Kier alpha value is -2.58. The van der Waals surface area contributed by atoms with Gasteiger partial charge in [0.2, 0.25) is 0 Å². The summed E-state index contributed by atoms with van der Waals surface area (Å²) < 4.78 is 43.2. The average Bonchev–Trinajstić information content (AvgIpc) is 2.83. The van der Waals surface area contributed by atoms with Crippen LogP contribution in [0.4, 0.5) is 18.0 Å². The summed E-state index contributed by atoms with van der Waals surface area (Å²) in [6, 6.07) is 2.24. The third-order valence-corrected chi connectivity index (χ3v) is 2.53. The molecule has 9 heteroatoms. The smallest absolute Gasteiger partial charge is 0.433 e. The summed E-state index contributed by atoms with van der Waals surface area (Å²) in [5.41, 5.74) is 5.07. The first-order valence-corrected chi connectivity index (χ1v) is 5.80. The van der Waals surface area contributed by atoms with Gasteiger partial charge in [0.25, 0.3) is 0 Å². The van der Waals surface area contributed by atoms with Crippen LogP contribution in [0.15, 0.2) is 30.7 Å².